The van der Waals surface area contributed by atoms with Crippen LogP contribution in [0.5, 0.6) is 23.0 Å². The van der Waals surface area contributed by atoms with Crippen LogP contribution in [-0.2, 0) is 4.79 Å². The second kappa shape index (κ2) is 6.76. The standard InChI is InChI=1S/C19H17NO5/c21-19(8-6-13-5-7-16-18(9-13)24-12-23-16)20-10-14-11-22-15-3-1-2-4-17(15)25-14/h1-9,14H,10-12H2,(H,20,21). The van der Waals surface area contributed by atoms with Crippen molar-refractivity contribution < 1.29 is 23.7 Å². The molecule has 0 radical (unpaired) electrons. The van der Waals surface area contributed by atoms with Crippen molar-refractivity contribution in [1.29, 1.82) is 0 Å². The van der Waals surface area contributed by atoms with E-state index in [0.717, 1.165) is 17.1 Å². The summed E-state index contributed by atoms with van der Waals surface area (Å²) in [6.45, 7) is 1.01. The molecule has 0 saturated heterocycles. The smallest absolute Gasteiger partial charge is 0.244 e. The van der Waals surface area contributed by atoms with Crippen LogP contribution in [0, 0.1) is 0 Å². The maximum Gasteiger partial charge on any atom is 0.244 e. The summed E-state index contributed by atoms with van der Waals surface area (Å²) in [5.74, 6) is 2.64. The van der Waals surface area contributed by atoms with Gasteiger partial charge in [0.15, 0.2) is 23.0 Å². The molecular formula is C19H17NO5. The van der Waals surface area contributed by atoms with E-state index in [1.54, 1.807) is 6.08 Å². The van der Waals surface area contributed by atoms with Gasteiger partial charge in [0.25, 0.3) is 0 Å². The van der Waals surface area contributed by atoms with Gasteiger partial charge in [-0.25, -0.2) is 0 Å². The number of ether oxygens (including phenoxy) is 4. The van der Waals surface area contributed by atoms with Crippen molar-refractivity contribution in [3.8, 4) is 23.0 Å². The van der Waals surface area contributed by atoms with E-state index in [1.807, 2.05) is 42.5 Å². The maximum absolute atomic E-state index is 12.0. The third-order valence-electron chi connectivity index (χ3n) is 3.90. The number of para-hydroxylation sites is 2. The van der Waals surface area contributed by atoms with Crippen LogP contribution >= 0.6 is 0 Å². The first-order valence-corrected chi connectivity index (χ1v) is 8.02. The van der Waals surface area contributed by atoms with E-state index in [1.165, 1.54) is 6.08 Å². The van der Waals surface area contributed by atoms with Gasteiger partial charge in [0.1, 0.15) is 12.7 Å². The number of hydrogen-bond donors (Lipinski definition) is 1. The van der Waals surface area contributed by atoms with Crippen LogP contribution in [0.2, 0.25) is 0 Å². The summed E-state index contributed by atoms with van der Waals surface area (Å²) in [6, 6.07) is 13.0. The molecule has 1 unspecified atom stereocenters. The zero-order valence-electron chi connectivity index (χ0n) is 13.4. The van der Waals surface area contributed by atoms with Gasteiger partial charge in [-0.15, -0.1) is 0 Å². The second-order valence-electron chi connectivity index (χ2n) is 5.69. The van der Waals surface area contributed by atoms with E-state index in [2.05, 4.69) is 5.32 Å². The lowest BCUT2D eigenvalue weighted by Crippen LogP contribution is -2.40. The van der Waals surface area contributed by atoms with E-state index in [9.17, 15) is 4.79 Å². The number of hydrogen-bond acceptors (Lipinski definition) is 5. The third kappa shape index (κ3) is 3.52. The molecule has 128 valence electrons. The van der Waals surface area contributed by atoms with Crippen LogP contribution in [0.15, 0.2) is 48.5 Å². The molecule has 0 spiro atoms. The lowest BCUT2D eigenvalue weighted by molar-refractivity contribution is -0.116. The van der Waals surface area contributed by atoms with Crippen molar-refractivity contribution in [2.45, 2.75) is 6.10 Å². The van der Waals surface area contributed by atoms with Crippen LogP contribution in [0.4, 0.5) is 0 Å². The highest BCUT2D eigenvalue weighted by Crippen LogP contribution is 2.33. The molecule has 0 fully saturated rings. The Morgan fingerprint density at radius 2 is 1.84 bits per heavy atom. The lowest BCUT2D eigenvalue weighted by Gasteiger charge is -2.26. The number of rotatable bonds is 4. The quantitative estimate of drug-likeness (QED) is 0.867. The number of carbonyl (C=O) groups is 1. The number of amides is 1. The van der Waals surface area contributed by atoms with Crippen molar-refractivity contribution in [3.63, 3.8) is 0 Å². The summed E-state index contributed by atoms with van der Waals surface area (Å²) < 4.78 is 22.0. The molecular weight excluding hydrogens is 322 g/mol. The Morgan fingerprint density at radius 3 is 2.76 bits per heavy atom. The van der Waals surface area contributed by atoms with Gasteiger partial charge in [0.05, 0.1) is 6.54 Å². The molecule has 1 amide bonds. The molecule has 0 aliphatic carbocycles. The van der Waals surface area contributed by atoms with E-state index in [4.69, 9.17) is 18.9 Å². The van der Waals surface area contributed by atoms with Crippen LogP contribution in [0.25, 0.3) is 6.08 Å². The molecule has 2 heterocycles. The summed E-state index contributed by atoms with van der Waals surface area (Å²) in [5.41, 5.74) is 0.866. The molecule has 6 heteroatoms. The lowest BCUT2D eigenvalue weighted by atomic mass is 10.2. The van der Waals surface area contributed by atoms with Crippen molar-refractivity contribution in [2.24, 2.45) is 0 Å². The molecule has 0 bridgehead atoms. The topological polar surface area (TPSA) is 66.0 Å². The number of nitrogens with one attached hydrogen (secondary N) is 1. The van der Waals surface area contributed by atoms with E-state index < -0.39 is 0 Å². The van der Waals surface area contributed by atoms with E-state index >= 15 is 0 Å². The van der Waals surface area contributed by atoms with Crippen molar-refractivity contribution in [2.75, 3.05) is 19.9 Å². The largest absolute Gasteiger partial charge is 0.486 e. The average Bonchev–Trinajstić information content (AvgIpc) is 3.12. The minimum absolute atomic E-state index is 0.194. The number of fused-ring (bicyclic) bond motifs is 2. The number of carbonyl (C=O) groups excluding carboxylic acids is 1. The minimum Gasteiger partial charge on any atom is -0.486 e. The van der Waals surface area contributed by atoms with Gasteiger partial charge in [-0.3, -0.25) is 4.79 Å². The summed E-state index contributed by atoms with van der Waals surface area (Å²) >= 11 is 0. The fraction of sp³-hybridized carbons (Fsp3) is 0.211. The zero-order valence-corrected chi connectivity index (χ0v) is 13.4. The van der Waals surface area contributed by atoms with Crippen molar-refractivity contribution in [1.82, 2.24) is 5.32 Å². The normalized spacial score (nSPS) is 17.5. The third-order valence-corrected chi connectivity index (χ3v) is 3.90. The highest BCUT2D eigenvalue weighted by Gasteiger charge is 2.20. The fourth-order valence-electron chi connectivity index (χ4n) is 2.63. The second-order valence-corrected chi connectivity index (χ2v) is 5.69. The molecule has 1 N–H and O–H groups in total. The van der Waals surface area contributed by atoms with E-state index in [0.29, 0.717) is 24.7 Å². The van der Waals surface area contributed by atoms with Crippen LogP contribution in [0.1, 0.15) is 5.56 Å². The van der Waals surface area contributed by atoms with Gasteiger partial charge >= 0.3 is 0 Å². The molecule has 2 aromatic rings. The Morgan fingerprint density at radius 1 is 1.04 bits per heavy atom. The van der Waals surface area contributed by atoms with Crippen LogP contribution in [0.3, 0.4) is 0 Å². The highest BCUT2D eigenvalue weighted by atomic mass is 16.7. The van der Waals surface area contributed by atoms with Gasteiger partial charge in [0.2, 0.25) is 12.7 Å². The first-order chi connectivity index (χ1) is 12.3. The Hall–Kier alpha value is -3.15. The van der Waals surface area contributed by atoms with E-state index in [-0.39, 0.29) is 18.8 Å². The molecule has 2 aromatic carbocycles. The summed E-state index contributed by atoms with van der Waals surface area (Å²) in [6.07, 6.45) is 3.00. The average molecular weight is 339 g/mol. The summed E-state index contributed by atoms with van der Waals surface area (Å²) in [4.78, 5) is 12.0. The minimum atomic E-state index is -0.210. The molecule has 2 aliphatic heterocycles. The van der Waals surface area contributed by atoms with Crippen LogP contribution < -0.4 is 24.3 Å². The molecule has 4 rings (SSSR count). The Balaban J connectivity index is 1.29. The Labute approximate surface area is 145 Å². The first-order valence-electron chi connectivity index (χ1n) is 8.02. The van der Waals surface area contributed by atoms with Crippen molar-refractivity contribution >= 4 is 12.0 Å². The Kier molecular flexibility index (Phi) is 4.16. The molecule has 1 atom stereocenters. The molecule has 25 heavy (non-hydrogen) atoms. The predicted octanol–water partition coefficient (Wildman–Crippen LogP) is 2.38. The van der Waals surface area contributed by atoms with Gasteiger partial charge in [0, 0.05) is 6.08 Å². The maximum atomic E-state index is 12.0. The van der Waals surface area contributed by atoms with Gasteiger partial charge < -0.3 is 24.3 Å². The SMILES string of the molecule is O=C(C=Cc1ccc2c(c1)OCO2)NCC1COc2ccccc2O1. The summed E-state index contributed by atoms with van der Waals surface area (Å²) in [5, 5.41) is 2.82. The monoisotopic (exact) mass is 339 g/mol. The molecule has 0 aromatic heterocycles. The predicted molar refractivity (Wildman–Crippen MR) is 91.0 cm³/mol. The van der Waals surface area contributed by atoms with Gasteiger partial charge in [-0.05, 0) is 35.9 Å². The zero-order chi connectivity index (χ0) is 17.1. The highest BCUT2D eigenvalue weighted by molar-refractivity contribution is 5.91. The molecule has 0 saturated carbocycles. The first kappa shape index (κ1) is 15.4. The molecule has 6 nitrogen and oxygen atoms in total. The van der Waals surface area contributed by atoms with Gasteiger partial charge in [-0.2, -0.15) is 0 Å². The van der Waals surface area contributed by atoms with Gasteiger partial charge in [-0.1, -0.05) is 18.2 Å². The number of benzene rings is 2. The Bertz CT molecular complexity index is 817. The fourth-order valence-corrected chi connectivity index (χ4v) is 2.63. The van der Waals surface area contributed by atoms with Crippen molar-refractivity contribution in [3.05, 3.63) is 54.1 Å². The van der Waals surface area contributed by atoms with Crippen LogP contribution in [-0.4, -0.2) is 32.0 Å². The molecule has 2 aliphatic rings. The summed E-state index contributed by atoms with van der Waals surface area (Å²) in [7, 11) is 0.